The average molecular weight is 182 g/mol. The van der Waals surface area contributed by atoms with E-state index in [-0.39, 0.29) is 18.9 Å². The first-order chi connectivity index (χ1) is 6.13. The van der Waals surface area contributed by atoms with Crippen LogP contribution in [0.2, 0.25) is 0 Å². The molecule has 1 aromatic carbocycles. The van der Waals surface area contributed by atoms with Gasteiger partial charge in [-0.15, -0.1) is 12.1 Å². The van der Waals surface area contributed by atoms with Gasteiger partial charge in [0.15, 0.2) is 0 Å². The van der Waals surface area contributed by atoms with Gasteiger partial charge in [-0.25, -0.2) is 0 Å². The molecular formula is C13H19Li. The molecule has 0 aliphatic heterocycles. The van der Waals surface area contributed by atoms with Crippen molar-refractivity contribution < 1.29 is 18.9 Å². The van der Waals surface area contributed by atoms with Crippen LogP contribution in [-0.4, -0.2) is 0 Å². The third kappa shape index (κ3) is 3.44. The Balaban J connectivity index is 0.00000169. The SMILES string of the molecule is CC(C)[C-](c1ccccc1)C(C)C.[Li+]. The zero-order chi connectivity index (χ0) is 9.84. The normalized spacial score (nSPS) is 10.1. The zero-order valence-electron chi connectivity index (χ0n) is 10.0. The second kappa shape index (κ2) is 6.22. The maximum absolute atomic E-state index is 2.27. The third-order valence-corrected chi connectivity index (χ3v) is 2.35. The minimum atomic E-state index is 0. The van der Waals surface area contributed by atoms with Gasteiger partial charge in [0.2, 0.25) is 0 Å². The molecule has 0 unspecified atom stereocenters. The van der Waals surface area contributed by atoms with Crippen molar-refractivity contribution >= 4 is 0 Å². The summed E-state index contributed by atoms with van der Waals surface area (Å²) in [5.74, 6) is 2.84. The predicted molar refractivity (Wildman–Crippen MR) is 58.5 cm³/mol. The Kier molecular flexibility index (Phi) is 6.08. The average Bonchev–Trinajstić information content (AvgIpc) is 2.04. The molecule has 72 valence electrons. The summed E-state index contributed by atoms with van der Waals surface area (Å²) < 4.78 is 0. The van der Waals surface area contributed by atoms with Crippen LogP contribution < -0.4 is 18.9 Å². The van der Waals surface area contributed by atoms with E-state index < -0.39 is 0 Å². The molecule has 0 amide bonds. The summed E-state index contributed by atoms with van der Waals surface area (Å²) in [6.45, 7) is 9.06. The van der Waals surface area contributed by atoms with E-state index in [9.17, 15) is 0 Å². The largest absolute Gasteiger partial charge is 1.00 e. The molecular weight excluding hydrogens is 163 g/mol. The minimum Gasteiger partial charge on any atom is -0.188 e. The van der Waals surface area contributed by atoms with E-state index in [1.165, 1.54) is 5.56 Å². The van der Waals surface area contributed by atoms with Crippen LogP contribution in [0.15, 0.2) is 30.3 Å². The molecule has 0 spiro atoms. The second-order valence-corrected chi connectivity index (χ2v) is 4.13. The number of rotatable bonds is 3. The first-order valence-electron chi connectivity index (χ1n) is 5.05. The van der Waals surface area contributed by atoms with Crippen LogP contribution in [0.5, 0.6) is 0 Å². The third-order valence-electron chi connectivity index (χ3n) is 2.35. The van der Waals surface area contributed by atoms with E-state index in [2.05, 4.69) is 58.0 Å². The molecule has 0 saturated heterocycles. The van der Waals surface area contributed by atoms with Gasteiger partial charge in [0, 0.05) is 0 Å². The summed E-state index contributed by atoms with van der Waals surface area (Å²) in [6.07, 6.45) is 0. The zero-order valence-corrected chi connectivity index (χ0v) is 10.0. The number of hydrogen-bond donors (Lipinski definition) is 0. The van der Waals surface area contributed by atoms with Gasteiger partial charge in [-0.1, -0.05) is 45.6 Å². The molecule has 0 radical (unpaired) electrons. The van der Waals surface area contributed by atoms with Crippen molar-refractivity contribution in [3.05, 3.63) is 41.8 Å². The van der Waals surface area contributed by atoms with E-state index in [1.54, 1.807) is 5.92 Å². The van der Waals surface area contributed by atoms with Gasteiger partial charge in [0.1, 0.15) is 0 Å². The molecule has 0 bridgehead atoms. The second-order valence-electron chi connectivity index (χ2n) is 4.13. The molecule has 0 nitrogen and oxygen atoms in total. The molecule has 0 aliphatic rings. The standard InChI is InChI=1S/C13H19.Li/c1-10(2)13(11(3)4)12-8-6-5-7-9-12;/h5-11H,1-4H3;/q-1;+1. The van der Waals surface area contributed by atoms with Crippen molar-refractivity contribution in [1.82, 2.24) is 0 Å². The fourth-order valence-electron chi connectivity index (χ4n) is 1.96. The van der Waals surface area contributed by atoms with Gasteiger partial charge in [-0.05, 0) is 0 Å². The van der Waals surface area contributed by atoms with Gasteiger partial charge >= 0.3 is 18.9 Å². The fourth-order valence-corrected chi connectivity index (χ4v) is 1.96. The van der Waals surface area contributed by atoms with Crippen LogP contribution in [0.4, 0.5) is 0 Å². The topological polar surface area (TPSA) is 0 Å². The maximum Gasteiger partial charge on any atom is 1.00 e. The van der Waals surface area contributed by atoms with Gasteiger partial charge in [-0.3, -0.25) is 0 Å². The molecule has 0 saturated carbocycles. The molecule has 0 aliphatic carbocycles. The van der Waals surface area contributed by atoms with Gasteiger partial charge in [-0.2, -0.15) is 23.6 Å². The van der Waals surface area contributed by atoms with E-state index in [4.69, 9.17) is 0 Å². The van der Waals surface area contributed by atoms with Gasteiger partial charge in [0.25, 0.3) is 0 Å². The monoisotopic (exact) mass is 182 g/mol. The first kappa shape index (κ1) is 13.7. The predicted octanol–water partition coefficient (Wildman–Crippen LogP) is 0.925. The minimum absolute atomic E-state index is 0. The van der Waals surface area contributed by atoms with Crippen LogP contribution >= 0.6 is 0 Å². The molecule has 0 heterocycles. The van der Waals surface area contributed by atoms with Crippen molar-refractivity contribution in [2.24, 2.45) is 11.8 Å². The summed E-state index contributed by atoms with van der Waals surface area (Å²) in [7, 11) is 0. The Morgan fingerprint density at radius 2 is 1.29 bits per heavy atom. The summed E-state index contributed by atoms with van der Waals surface area (Å²) in [6, 6.07) is 10.7. The molecule has 1 aromatic rings. The Morgan fingerprint density at radius 3 is 1.64 bits per heavy atom. The Bertz CT molecular complexity index is 231. The van der Waals surface area contributed by atoms with Crippen LogP contribution in [0, 0.1) is 17.8 Å². The number of hydrogen-bond acceptors (Lipinski definition) is 0. The van der Waals surface area contributed by atoms with E-state index in [0.29, 0.717) is 11.8 Å². The van der Waals surface area contributed by atoms with Crippen molar-refractivity contribution in [3.8, 4) is 0 Å². The van der Waals surface area contributed by atoms with Crippen LogP contribution in [0.25, 0.3) is 0 Å². The molecule has 0 aromatic heterocycles. The Labute approximate surface area is 100 Å². The van der Waals surface area contributed by atoms with Crippen molar-refractivity contribution in [2.75, 3.05) is 0 Å². The van der Waals surface area contributed by atoms with E-state index in [1.807, 2.05) is 0 Å². The molecule has 0 fully saturated rings. The van der Waals surface area contributed by atoms with Gasteiger partial charge in [0.05, 0.1) is 0 Å². The Morgan fingerprint density at radius 1 is 0.857 bits per heavy atom. The molecule has 1 heteroatoms. The van der Waals surface area contributed by atoms with Crippen molar-refractivity contribution in [2.45, 2.75) is 27.7 Å². The Hall–Kier alpha value is -0.313. The summed E-state index contributed by atoms with van der Waals surface area (Å²) in [5.41, 5.74) is 1.40. The first-order valence-corrected chi connectivity index (χ1v) is 5.05. The molecule has 1 rings (SSSR count). The van der Waals surface area contributed by atoms with Crippen LogP contribution in [-0.2, 0) is 0 Å². The summed E-state index contributed by atoms with van der Waals surface area (Å²) >= 11 is 0. The van der Waals surface area contributed by atoms with Crippen LogP contribution in [0.3, 0.4) is 0 Å². The maximum atomic E-state index is 2.27. The molecule has 14 heavy (non-hydrogen) atoms. The van der Waals surface area contributed by atoms with Crippen molar-refractivity contribution in [3.63, 3.8) is 0 Å². The van der Waals surface area contributed by atoms with Gasteiger partial charge < -0.3 is 0 Å². The summed E-state index contributed by atoms with van der Waals surface area (Å²) in [5, 5.41) is 0. The summed E-state index contributed by atoms with van der Waals surface area (Å²) in [4.78, 5) is 0. The fraction of sp³-hybridized carbons (Fsp3) is 0.462. The van der Waals surface area contributed by atoms with E-state index in [0.717, 1.165) is 0 Å². The quantitative estimate of drug-likeness (QED) is 0.482. The molecule has 0 N–H and O–H groups in total. The smallest absolute Gasteiger partial charge is 0.188 e. The number of benzene rings is 1. The van der Waals surface area contributed by atoms with Crippen molar-refractivity contribution in [1.29, 1.82) is 0 Å². The van der Waals surface area contributed by atoms with E-state index >= 15 is 0 Å². The molecule has 0 atom stereocenters. The van der Waals surface area contributed by atoms with Crippen LogP contribution in [0.1, 0.15) is 33.3 Å².